The summed E-state index contributed by atoms with van der Waals surface area (Å²) in [5, 5.41) is 4.22. The van der Waals surface area contributed by atoms with Gasteiger partial charge in [0.2, 0.25) is 0 Å². The number of hydrogen-bond acceptors (Lipinski definition) is 6. The van der Waals surface area contributed by atoms with Crippen molar-refractivity contribution in [2.45, 2.75) is 13.0 Å². The highest BCUT2D eigenvalue weighted by Crippen LogP contribution is 2.30. The third-order valence-corrected chi connectivity index (χ3v) is 6.04. The summed E-state index contributed by atoms with van der Waals surface area (Å²) >= 11 is 1.38. The van der Waals surface area contributed by atoms with E-state index in [4.69, 9.17) is 9.15 Å². The molecule has 0 atom stereocenters. The van der Waals surface area contributed by atoms with Gasteiger partial charge in [-0.25, -0.2) is 4.98 Å². The van der Waals surface area contributed by atoms with E-state index in [1.807, 2.05) is 24.3 Å². The first-order valence-electron chi connectivity index (χ1n) is 9.40. The monoisotopic (exact) mass is 422 g/mol. The summed E-state index contributed by atoms with van der Waals surface area (Å²) in [6, 6.07) is 10.8. The lowest BCUT2D eigenvalue weighted by atomic mass is 10.1. The lowest BCUT2D eigenvalue weighted by Crippen LogP contribution is -2.35. The van der Waals surface area contributed by atoms with Crippen LogP contribution < -0.4 is 10.1 Å². The van der Waals surface area contributed by atoms with Gasteiger partial charge in [0.15, 0.2) is 10.9 Å². The van der Waals surface area contributed by atoms with Crippen LogP contribution in [0.5, 0.6) is 5.75 Å². The maximum atomic E-state index is 13.0. The van der Waals surface area contributed by atoms with Crippen LogP contribution in [-0.4, -0.2) is 40.3 Å². The zero-order chi connectivity index (χ0) is 20.7. The van der Waals surface area contributed by atoms with Gasteiger partial charge in [0.25, 0.3) is 11.8 Å². The molecule has 0 bridgehead atoms. The number of H-pyrrole nitrogens is 1. The van der Waals surface area contributed by atoms with Crippen LogP contribution in [0.4, 0.5) is 5.13 Å². The van der Waals surface area contributed by atoms with Crippen molar-refractivity contribution in [2.75, 3.05) is 19.0 Å². The number of rotatable bonds is 4. The number of aromatic nitrogens is 2. The Morgan fingerprint density at radius 3 is 3.00 bits per heavy atom. The predicted octanol–water partition coefficient (Wildman–Crippen LogP) is 3.68. The van der Waals surface area contributed by atoms with Crippen molar-refractivity contribution in [3.8, 4) is 5.75 Å². The number of furan rings is 1. The molecule has 4 aromatic rings. The minimum absolute atomic E-state index is 0.0645. The number of amides is 2. The van der Waals surface area contributed by atoms with Gasteiger partial charge in [-0.1, -0.05) is 11.3 Å². The summed E-state index contributed by atoms with van der Waals surface area (Å²) in [5.74, 6) is 0.563. The fourth-order valence-electron chi connectivity index (χ4n) is 3.51. The first-order chi connectivity index (χ1) is 14.6. The van der Waals surface area contributed by atoms with E-state index in [1.165, 1.54) is 17.6 Å². The van der Waals surface area contributed by atoms with Crippen molar-refractivity contribution in [2.24, 2.45) is 0 Å². The van der Waals surface area contributed by atoms with Crippen LogP contribution >= 0.6 is 11.3 Å². The van der Waals surface area contributed by atoms with Gasteiger partial charge in [-0.15, -0.1) is 0 Å². The first-order valence-corrected chi connectivity index (χ1v) is 10.2. The molecule has 2 amide bonds. The summed E-state index contributed by atoms with van der Waals surface area (Å²) in [5.41, 5.74) is 2.31. The van der Waals surface area contributed by atoms with E-state index < -0.39 is 0 Å². The lowest BCUT2D eigenvalue weighted by Gasteiger charge is -2.25. The minimum atomic E-state index is -0.340. The molecular weight excluding hydrogens is 404 g/mol. The van der Waals surface area contributed by atoms with E-state index in [2.05, 4.69) is 15.3 Å². The van der Waals surface area contributed by atoms with Gasteiger partial charge >= 0.3 is 0 Å². The van der Waals surface area contributed by atoms with Crippen LogP contribution in [0.3, 0.4) is 0 Å². The Bertz CT molecular complexity index is 1240. The van der Waals surface area contributed by atoms with Crippen molar-refractivity contribution in [1.82, 2.24) is 14.9 Å². The fraction of sp³-hybridized carbons (Fsp3) is 0.190. The number of hydrogen-bond donors (Lipinski definition) is 2. The molecule has 0 saturated carbocycles. The second kappa shape index (κ2) is 7.34. The van der Waals surface area contributed by atoms with Crippen molar-refractivity contribution in [1.29, 1.82) is 0 Å². The molecule has 9 heteroatoms. The van der Waals surface area contributed by atoms with Gasteiger partial charge in [0, 0.05) is 34.8 Å². The van der Waals surface area contributed by atoms with Gasteiger partial charge in [0.1, 0.15) is 11.4 Å². The standard InChI is InChI=1S/C21H18N4O4S/c1-28-13-5-4-12-9-16(22-15(12)10-13)20(27)25-7-6-14-18(11-25)30-21(23-14)24-19(26)17-3-2-8-29-17/h2-5,8-10,22H,6-7,11H2,1H3,(H,23,24,26). The van der Waals surface area contributed by atoms with Crippen LogP contribution in [0.15, 0.2) is 47.1 Å². The molecule has 152 valence electrons. The largest absolute Gasteiger partial charge is 0.497 e. The third-order valence-electron chi connectivity index (χ3n) is 5.04. The molecule has 1 aliphatic rings. The summed E-state index contributed by atoms with van der Waals surface area (Å²) in [6.07, 6.45) is 2.09. The van der Waals surface area contributed by atoms with Crippen LogP contribution in [0.1, 0.15) is 31.6 Å². The number of fused-ring (bicyclic) bond motifs is 2. The van der Waals surface area contributed by atoms with Crippen LogP contribution in [0.2, 0.25) is 0 Å². The van der Waals surface area contributed by atoms with Crippen LogP contribution in [0.25, 0.3) is 10.9 Å². The van der Waals surface area contributed by atoms with Crippen molar-refractivity contribution in [3.05, 3.63) is 64.7 Å². The molecule has 8 nitrogen and oxygen atoms in total. The Morgan fingerprint density at radius 2 is 2.20 bits per heavy atom. The number of aromatic amines is 1. The molecule has 0 spiro atoms. The van der Waals surface area contributed by atoms with Gasteiger partial charge < -0.3 is 19.0 Å². The van der Waals surface area contributed by atoms with E-state index in [1.54, 1.807) is 24.1 Å². The quantitative estimate of drug-likeness (QED) is 0.523. The Morgan fingerprint density at radius 1 is 1.30 bits per heavy atom. The Hall–Kier alpha value is -3.59. The number of thiazole rings is 1. The zero-order valence-electron chi connectivity index (χ0n) is 16.1. The number of benzene rings is 1. The summed E-state index contributed by atoms with van der Waals surface area (Å²) in [6.45, 7) is 1.03. The van der Waals surface area contributed by atoms with Crippen LogP contribution in [-0.2, 0) is 13.0 Å². The number of methoxy groups -OCH3 is 1. The van der Waals surface area contributed by atoms with E-state index in [-0.39, 0.29) is 17.6 Å². The molecule has 4 heterocycles. The molecule has 1 aromatic carbocycles. The molecule has 0 fully saturated rings. The Labute approximate surface area is 175 Å². The number of ether oxygens (including phenoxy) is 1. The number of anilines is 1. The maximum Gasteiger partial charge on any atom is 0.293 e. The Kier molecular flexibility index (Phi) is 4.51. The number of nitrogens with zero attached hydrogens (tertiary/aromatic N) is 2. The zero-order valence-corrected chi connectivity index (χ0v) is 16.9. The Balaban J connectivity index is 1.32. The summed E-state index contributed by atoms with van der Waals surface area (Å²) < 4.78 is 10.4. The molecule has 0 radical (unpaired) electrons. The van der Waals surface area contributed by atoms with Crippen LogP contribution in [0, 0.1) is 0 Å². The molecule has 3 aromatic heterocycles. The molecule has 2 N–H and O–H groups in total. The number of carbonyl (C=O) groups is 2. The third kappa shape index (κ3) is 3.33. The van der Waals surface area contributed by atoms with Gasteiger partial charge in [-0.2, -0.15) is 0 Å². The highest BCUT2D eigenvalue weighted by atomic mass is 32.1. The molecule has 0 aliphatic carbocycles. The molecular formula is C21H18N4O4S. The number of nitrogens with one attached hydrogen (secondary N) is 2. The summed E-state index contributed by atoms with van der Waals surface area (Å²) in [4.78, 5) is 35.7. The molecule has 0 unspecified atom stereocenters. The van der Waals surface area contributed by atoms with Crippen molar-refractivity contribution in [3.63, 3.8) is 0 Å². The van der Waals surface area contributed by atoms with Gasteiger partial charge in [-0.3, -0.25) is 14.9 Å². The average molecular weight is 422 g/mol. The molecule has 5 rings (SSSR count). The minimum Gasteiger partial charge on any atom is -0.497 e. The van der Waals surface area contributed by atoms with E-state index in [9.17, 15) is 9.59 Å². The average Bonchev–Trinajstić information content (AvgIpc) is 3.50. The van der Waals surface area contributed by atoms with Gasteiger partial charge in [0.05, 0.1) is 25.6 Å². The SMILES string of the molecule is COc1ccc2cc(C(=O)N3CCc4nc(NC(=O)c5ccco5)sc4C3)[nH]c2c1. The fourth-order valence-corrected chi connectivity index (χ4v) is 4.53. The molecule has 30 heavy (non-hydrogen) atoms. The van der Waals surface area contributed by atoms with E-state index >= 15 is 0 Å². The van der Waals surface area contributed by atoms with Crippen molar-refractivity contribution < 1.29 is 18.7 Å². The first kappa shape index (κ1) is 18.4. The second-order valence-corrected chi connectivity index (χ2v) is 8.02. The molecule has 1 aliphatic heterocycles. The summed E-state index contributed by atoms with van der Waals surface area (Å²) in [7, 11) is 1.61. The highest BCUT2D eigenvalue weighted by molar-refractivity contribution is 7.15. The lowest BCUT2D eigenvalue weighted by molar-refractivity contribution is 0.0731. The van der Waals surface area contributed by atoms with E-state index in [0.717, 1.165) is 27.2 Å². The normalized spacial score (nSPS) is 13.3. The smallest absolute Gasteiger partial charge is 0.293 e. The maximum absolute atomic E-state index is 13.0. The van der Waals surface area contributed by atoms with E-state index in [0.29, 0.717) is 30.3 Å². The topological polar surface area (TPSA) is 100 Å². The van der Waals surface area contributed by atoms with Crippen molar-refractivity contribution >= 4 is 39.2 Å². The number of carbonyl (C=O) groups excluding carboxylic acids is 2. The predicted molar refractivity (Wildman–Crippen MR) is 112 cm³/mol. The highest BCUT2D eigenvalue weighted by Gasteiger charge is 2.26. The van der Waals surface area contributed by atoms with Gasteiger partial charge in [-0.05, 0) is 30.3 Å². The second-order valence-electron chi connectivity index (χ2n) is 6.93. The molecule has 0 saturated heterocycles.